The van der Waals surface area contributed by atoms with Gasteiger partial charge < -0.3 is 10.6 Å². The molecular weight excluding hydrogens is 260 g/mol. The maximum atomic E-state index is 11.4. The topological polar surface area (TPSA) is 41.1 Å². The lowest BCUT2D eigenvalue weighted by Gasteiger charge is -2.18. The van der Waals surface area contributed by atoms with Crippen molar-refractivity contribution in [3.05, 3.63) is 29.8 Å². The highest BCUT2D eigenvalue weighted by Crippen LogP contribution is 2.27. The predicted octanol–water partition coefficient (Wildman–Crippen LogP) is 3.75. The quantitative estimate of drug-likeness (QED) is 0.810. The lowest BCUT2D eigenvalue weighted by molar-refractivity contribution is -0.119. The van der Waals surface area contributed by atoms with Gasteiger partial charge in [0.15, 0.2) is 0 Å². The number of nitrogens with one attached hydrogen (secondary N) is 2. The van der Waals surface area contributed by atoms with E-state index in [2.05, 4.69) is 29.7 Å². The van der Waals surface area contributed by atoms with E-state index in [4.69, 9.17) is 0 Å². The summed E-state index contributed by atoms with van der Waals surface area (Å²) in [6.45, 7) is 2.31. The van der Waals surface area contributed by atoms with E-state index < -0.39 is 0 Å². The van der Waals surface area contributed by atoms with E-state index in [9.17, 15) is 4.79 Å². The van der Waals surface area contributed by atoms with E-state index in [1.165, 1.54) is 44.2 Å². The second-order valence-corrected chi connectivity index (χ2v) is 6.17. The summed E-state index contributed by atoms with van der Waals surface area (Å²) in [6.07, 6.45) is 8.40. The fraction of sp³-hybridized carbons (Fsp3) is 0.611. The Kier molecular flexibility index (Phi) is 6.09. The third kappa shape index (κ3) is 5.07. The lowest BCUT2D eigenvalue weighted by Crippen LogP contribution is -2.20. The fourth-order valence-electron chi connectivity index (χ4n) is 3.16. The molecule has 1 amide bonds. The second-order valence-electron chi connectivity index (χ2n) is 6.17. The maximum absolute atomic E-state index is 11.4. The Morgan fingerprint density at radius 3 is 2.57 bits per heavy atom. The highest BCUT2D eigenvalue weighted by molar-refractivity contribution is 5.78. The molecule has 0 aromatic heterocycles. The molecule has 3 heteroatoms. The van der Waals surface area contributed by atoms with Crippen molar-refractivity contribution in [3.63, 3.8) is 0 Å². The van der Waals surface area contributed by atoms with Gasteiger partial charge in [-0.05, 0) is 42.9 Å². The van der Waals surface area contributed by atoms with Gasteiger partial charge in [-0.15, -0.1) is 0 Å². The standard InChI is InChI=1S/C18H28N2O/c1-3-14-5-4-6-16(10-7-14)20-17-11-8-15(9-12-17)13-18(21)19-2/h8-9,11-12,14,16,20H,3-7,10,13H2,1-2H3,(H,19,21). The Balaban J connectivity index is 1.86. The molecule has 0 bridgehead atoms. The number of benzene rings is 1. The summed E-state index contributed by atoms with van der Waals surface area (Å²) in [6, 6.07) is 8.89. The predicted molar refractivity (Wildman–Crippen MR) is 88.5 cm³/mol. The Morgan fingerprint density at radius 1 is 1.14 bits per heavy atom. The molecule has 1 fully saturated rings. The van der Waals surface area contributed by atoms with Crippen LogP contribution < -0.4 is 10.6 Å². The molecule has 1 aromatic carbocycles. The van der Waals surface area contributed by atoms with E-state index >= 15 is 0 Å². The number of amides is 1. The highest BCUT2D eigenvalue weighted by Gasteiger charge is 2.17. The summed E-state index contributed by atoms with van der Waals surface area (Å²) >= 11 is 0. The van der Waals surface area contributed by atoms with Crippen LogP contribution in [0.5, 0.6) is 0 Å². The van der Waals surface area contributed by atoms with Gasteiger partial charge in [-0.2, -0.15) is 0 Å². The normalized spacial score (nSPS) is 22.4. The third-order valence-electron chi connectivity index (χ3n) is 4.63. The number of carbonyl (C=O) groups is 1. The number of hydrogen-bond acceptors (Lipinski definition) is 2. The molecule has 116 valence electrons. The van der Waals surface area contributed by atoms with Gasteiger partial charge in [0.2, 0.25) is 5.91 Å². The monoisotopic (exact) mass is 288 g/mol. The van der Waals surface area contributed by atoms with Gasteiger partial charge in [-0.3, -0.25) is 4.79 Å². The van der Waals surface area contributed by atoms with E-state index in [-0.39, 0.29) is 5.91 Å². The van der Waals surface area contributed by atoms with Crippen LogP contribution in [0.3, 0.4) is 0 Å². The first-order valence-corrected chi connectivity index (χ1v) is 8.27. The van der Waals surface area contributed by atoms with Crippen LogP contribution in [0, 0.1) is 5.92 Å². The molecule has 2 unspecified atom stereocenters. The Bertz CT molecular complexity index is 441. The van der Waals surface area contributed by atoms with Crippen LogP contribution in [0.1, 0.15) is 51.0 Å². The molecule has 2 atom stereocenters. The highest BCUT2D eigenvalue weighted by atomic mass is 16.1. The number of hydrogen-bond donors (Lipinski definition) is 2. The first-order chi connectivity index (χ1) is 10.2. The van der Waals surface area contributed by atoms with Crippen LogP contribution in [-0.2, 0) is 11.2 Å². The molecule has 0 spiro atoms. The van der Waals surface area contributed by atoms with Crippen molar-refractivity contribution in [1.82, 2.24) is 5.32 Å². The van der Waals surface area contributed by atoms with Crippen LogP contribution in [-0.4, -0.2) is 19.0 Å². The average Bonchev–Trinajstić information content (AvgIpc) is 2.74. The molecule has 3 nitrogen and oxygen atoms in total. The van der Waals surface area contributed by atoms with Gasteiger partial charge in [0, 0.05) is 18.8 Å². The Morgan fingerprint density at radius 2 is 1.90 bits per heavy atom. The van der Waals surface area contributed by atoms with Crippen molar-refractivity contribution in [1.29, 1.82) is 0 Å². The van der Waals surface area contributed by atoms with Crippen molar-refractivity contribution in [2.75, 3.05) is 12.4 Å². The minimum absolute atomic E-state index is 0.0603. The average molecular weight is 288 g/mol. The lowest BCUT2D eigenvalue weighted by atomic mass is 9.98. The minimum Gasteiger partial charge on any atom is -0.382 e. The van der Waals surface area contributed by atoms with Gasteiger partial charge in [-0.1, -0.05) is 38.3 Å². The number of likely N-dealkylation sites (N-methyl/N-ethyl adjacent to an activating group) is 1. The van der Waals surface area contributed by atoms with Gasteiger partial charge >= 0.3 is 0 Å². The number of carbonyl (C=O) groups excluding carboxylic acids is 1. The Labute approximate surface area is 128 Å². The largest absolute Gasteiger partial charge is 0.382 e. The van der Waals surface area contributed by atoms with E-state index in [1.807, 2.05) is 12.1 Å². The molecule has 0 saturated heterocycles. The van der Waals surface area contributed by atoms with Crippen molar-refractivity contribution < 1.29 is 4.79 Å². The van der Waals surface area contributed by atoms with Crippen molar-refractivity contribution >= 4 is 11.6 Å². The molecule has 1 aliphatic carbocycles. The van der Waals surface area contributed by atoms with Crippen LogP contribution in [0.4, 0.5) is 5.69 Å². The summed E-state index contributed by atoms with van der Waals surface area (Å²) in [5.74, 6) is 0.983. The van der Waals surface area contributed by atoms with Crippen LogP contribution >= 0.6 is 0 Å². The van der Waals surface area contributed by atoms with Crippen molar-refractivity contribution in [2.24, 2.45) is 5.92 Å². The number of anilines is 1. The van der Waals surface area contributed by atoms with Gasteiger partial charge in [0.25, 0.3) is 0 Å². The van der Waals surface area contributed by atoms with Gasteiger partial charge in [0.1, 0.15) is 0 Å². The third-order valence-corrected chi connectivity index (χ3v) is 4.63. The molecule has 2 N–H and O–H groups in total. The SMILES string of the molecule is CCC1CCCC(Nc2ccc(CC(=O)NC)cc2)CC1. The molecular formula is C18H28N2O. The molecule has 1 aliphatic rings. The van der Waals surface area contributed by atoms with Crippen LogP contribution in [0.15, 0.2) is 24.3 Å². The van der Waals surface area contributed by atoms with Gasteiger partial charge in [-0.25, -0.2) is 0 Å². The zero-order valence-corrected chi connectivity index (χ0v) is 13.3. The van der Waals surface area contributed by atoms with Crippen LogP contribution in [0.25, 0.3) is 0 Å². The molecule has 1 aromatic rings. The van der Waals surface area contributed by atoms with Crippen molar-refractivity contribution in [2.45, 2.75) is 57.9 Å². The summed E-state index contributed by atoms with van der Waals surface area (Å²) in [4.78, 5) is 11.4. The maximum Gasteiger partial charge on any atom is 0.224 e. The Hall–Kier alpha value is -1.51. The first-order valence-electron chi connectivity index (χ1n) is 8.27. The zero-order chi connectivity index (χ0) is 15.1. The molecule has 21 heavy (non-hydrogen) atoms. The zero-order valence-electron chi connectivity index (χ0n) is 13.3. The van der Waals surface area contributed by atoms with E-state index in [0.717, 1.165) is 11.5 Å². The molecule has 0 radical (unpaired) electrons. The summed E-state index contributed by atoms with van der Waals surface area (Å²) < 4.78 is 0. The summed E-state index contributed by atoms with van der Waals surface area (Å²) in [7, 11) is 1.67. The smallest absolute Gasteiger partial charge is 0.224 e. The fourth-order valence-corrected chi connectivity index (χ4v) is 3.16. The number of rotatable bonds is 5. The summed E-state index contributed by atoms with van der Waals surface area (Å²) in [5.41, 5.74) is 2.24. The summed E-state index contributed by atoms with van der Waals surface area (Å²) in [5, 5.41) is 6.32. The van der Waals surface area contributed by atoms with Crippen molar-refractivity contribution in [3.8, 4) is 0 Å². The molecule has 0 heterocycles. The van der Waals surface area contributed by atoms with E-state index in [1.54, 1.807) is 7.05 Å². The molecule has 1 saturated carbocycles. The van der Waals surface area contributed by atoms with Gasteiger partial charge in [0.05, 0.1) is 6.42 Å². The minimum atomic E-state index is 0.0603. The van der Waals surface area contributed by atoms with E-state index in [0.29, 0.717) is 12.5 Å². The second kappa shape index (κ2) is 8.06. The first kappa shape index (κ1) is 15.9. The van der Waals surface area contributed by atoms with Crippen LogP contribution in [0.2, 0.25) is 0 Å². The molecule has 0 aliphatic heterocycles. The molecule has 2 rings (SSSR count).